The first-order valence-corrected chi connectivity index (χ1v) is 9.44. The second-order valence-corrected chi connectivity index (χ2v) is 7.91. The van der Waals surface area contributed by atoms with Crippen LogP contribution in [0.1, 0.15) is 18.5 Å². The third-order valence-corrected chi connectivity index (χ3v) is 5.75. The highest BCUT2D eigenvalue weighted by Gasteiger charge is 2.27. The van der Waals surface area contributed by atoms with E-state index >= 15 is 0 Å². The Kier molecular flexibility index (Phi) is 6.50. The van der Waals surface area contributed by atoms with E-state index in [-0.39, 0.29) is 10.6 Å². The van der Waals surface area contributed by atoms with Gasteiger partial charge >= 0.3 is 0 Å². The monoisotopic (exact) mass is 398 g/mol. The lowest BCUT2D eigenvalue weighted by molar-refractivity contribution is -0.121. The number of ether oxygens (including phenoxy) is 1. The summed E-state index contributed by atoms with van der Waals surface area (Å²) in [4.78, 5) is 11.8. The van der Waals surface area contributed by atoms with E-state index in [4.69, 9.17) is 4.74 Å². The van der Waals surface area contributed by atoms with Gasteiger partial charge in [0.2, 0.25) is 15.9 Å². The fourth-order valence-electron chi connectivity index (χ4n) is 2.43. The lowest BCUT2D eigenvalue weighted by Crippen LogP contribution is -2.39. The van der Waals surface area contributed by atoms with Crippen molar-refractivity contribution < 1.29 is 26.7 Å². The maximum Gasteiger partial charge on any atom is 0.247 e. The molecule has 1 amide bonds. The molecule has 1 N–H and O–H groups in total. The highest BCUT2D eigenvalue weighted by atomic mass is 32.2. The Hall–Kier alpha value is -2.52. The minimum absolute atomic E-state index is 0.0247. The highest BCUT2D eigenvalue weighted by Crippen LogP contribution is 2.26. The Morgan fingerprint density at radius 3 is 2.33 bits per heavy atom. The average Bonchev–Trinajstić information content (AvgIpc) is 2.61. The van der Waals surface area contributed by atoms with E-state index in [9.17, 15) is 22.0 Å². The average molecular weight is 398 g/mol. The smallest absolute Gasteiger partial charge is 0.247 e. The third kappa shape index (κ3) is 5.01. The Morgan fingerprint density at radius 2 is 1.74 bits per heavy atom. The minimum Gasteiger partial charge on any atom is -0.495 e. The van der Waals surface area contributed by atoms with Gasteiger partial charge < -0.3 is 10.1 Å². The first-order chi connectivity index (χ1) is 12.6. The molecule has 0 bridgehead atoms. The fourth-order valence-corrected chi connectivity index (χ4v) is 3.72. The van der Waals surface area contributed by atoms with Gasteiger partial charge in [0, 0.05) is 7.05 Å². The number of carbonyl (C=O) groups excluding carboxylic acids is 1. The molecule has 0 aliphatic heterocycles. The van der Waals surface area contributed by atoms with E-state index in [1.807, 2.05) is 0 Å². The molecule has 27 heavy (non-hydrogen) atoms. The summed E-state index contributed by atoms with van der Waals surface area (Å²) in [5.41, 5.74) is 0.669. The summed E-state index contributed by atoms with van der Waals surface area (Å²) in [6.45, 7) is 1.21. The predicted octanol–water partition coefficient (Wildman–Crippen LogP) is 2.47. The number of likely N-dealkylation sites (N-methyl/N-ethyl adjacent to an activating group) is 1. The quantitative estimate of drug-likeness (QED) is 0.778. The molecule has 0 aliphatic rings. The van der Waals surface area contributed by atoms with Crippen molar-refractivity contribution in [1.82, 2.24) is 9.62 Å². The van der Waals surface area contributed by atoms with E-state index < -0.39 is 40.2 Å². The number of halogens is 2. The number of nitrogens with zero attached hydrogens (tertiary/aromatic N) is 1. The van der Waals surface area contributed by atoms with E-state index in [2.05, 4.69) is 5.32 Å². The molecule has 0 heterocycles. The molecule has 0 saturated carbocycles. The van der Waals surface area contributed by atoms with Crippen LogP contribution >= 0.6 is 0 Å². The molecule has 2 rings (SSSR count). The van der Waals surface area contributed by atoms with E-state index in [0.717, 1.165) is 16.4 Å². The molecule has 0 spiro atoms. The Morgan fingerprint density at radius 1 is 1.15 bits per heavy atom. The molecule has 6 nitrogen and oxygen atoms in total. The van der Waals surface area contributed by atoms with Gasteiger partial charge in [0.25, 0.3) is 0 Å². The van der Waals surface area contributed by atoms with Crippen LogP contribution in [0.5, 0.6) is 5.75 Å². The van der Waals surface area contributed by atoms with Crippen LogP contribution in [0.4, 0.5) is 8.78 Å². The minimum atomic E-state index is -4.15. The second kappa shape index (κ2) is 8.45. The Bertz CT molecular complexity index is 917. The van der Waals surface area contributed by atoms with E-state index in [1.165, 1.54) is 44.5 Å². The van der Waals surface area contributed by atoms with Crippen LogP contribution in [0.25, 0.3) is 0 Å². The predicted molar refractivity (Wildman–Crippen MR) is 95.7 cm³/mol. The van der Waals surface area contributed by atoms with Gasteiger partial charge in [0.15, 0.2) is 0 Å². The van der Waals surface area contributed by atoms with Crippen LogP contribution in [-0.4, -0.2) is 39.3 Å². The molecule has 0 fully saturated rings. The van der Waals surface area contributed by atoms with Crippen LogP contribution in [-0.2, 0) is 14.8 Å². The molecule has 146 valence electrons. The number of sulfonamides is 1. The van der Waals surface area contributed by atoms with Gasteiger partial charge in [-0.05, 0) is 42.8 Å². The zero-order valence-corrected chi connectivity index (χ0v) is 15.9. The van der Waals surface area contributed by atoms with Crippen molar-refractivity contribution in [2.75, 3.05) is 20.7 Å². The molecule has 0 aromatic heterocycles. The largest absolute Gasteiger partial charge is 0.495 e. The summed E-state index contributed by atoms with van der Waals surface area (Å²) in [6, 6.07) is 8.26. The number of amides is 1. The summed E-state index contributed by atoms with van der Waals surface area (Å²) >= 11 is 0. The SMILES string of the molecule is COc1ccc(F)cc1S(=O)(=O)N(C)CC(=O)N[C@@H](C)c1ccc(F)cc1. The van der Waals surface area contributed by atoms with Gasteiger partial charge in [0.1, 0.15) is 22.3 Å². The van der Waals surface area contributed by atoms with Crippen molar-refractivity contribution in [2.24, 2.45) is 0 Å². The molecule has 2 aromatic carbocycles. The zero-order chi connectivity index (χ0) is 20.2. The van der Waals surface area contributed by atoms with Crippen molar-refractivity contribution in [2.45, 2.75) is 17.9 Å². The van der Waals surface area contributed by atoms with E-state index in [0.29, 0.717) is 5.56 Å². The molecular weight excluding hydrogens is 378 g/mol. The lowest BCUT2D eigenvalue weighted by atomic mass is 10.1. The fraction of sp³-hybridized carbons (Fsp3) is 0.278. The van der Waals surface area contributed by atoms with E-state index in [1.54, 1.807) is 6.92 Å². The number of hydrogen-bond donors (Lipinski definition) is 1. The standard InChI is InChI=1S/C18H20F2N2O4S/c1-12(13-4-6-14(19)7-5-13)21-18(23)11-22(2)27(24,25)17-10-15(20)8-9-16(17)26-3/h4-10,12H,11H2,1-3H3,(H,21,23)/t12-/m0/s1. The molecule has 0 aliphatic carbocycles. The number of methoxy groups -OCH3 is 1. The number of rotatable bonds is 7. The van der Waals surface area contributed by atoms with Crippen LogP contribution in [0.3, 0.4) is 0 Å². The van der Waals surface area contributed by atoms with Crippen LogP contribution in [0, 0.1) is 11.6 Å². The maximum atomic E-state index is 13.5. The molecule has 2 aromatic rings. The van der Waals surface area contributed by atoms with Crippen LogP contribution in [0.2, 0.25) is 0 Å². The number of benzene rings is 2. The Balaban J connectivity index is 2.11. The van der Waals surface area contributed by atoms with Crippen molar-refractivity contribution in [3.05, 3.63) is 59.7 Å². The van der Waals surface area contributed by atoms with Crippen LogP contribution < -0.4 is 10.1 Å². The molecule has 0 radical (unpaired) electrons. The van der Waals surface area contributed by atoms with Gasteiger partial charge in [-0.3, -0.25) is 4.79 Å². The summed E-state index contributed by atoms with van der Waals surface area (Å²) < 4.78 is 57.5. The van der Waals surface area contributed by atoms with Crippen molar-refractivity contribution >= 4 is 15.9 Å². The summed E-state index contributed by atoms with van der Waals surface area (Å²) in [5.74, 6) is -1.72. The molecule has 0 saturated heterocycles. The summed E-state index contributed by atoms with van der Waals surface area (Å²) in [6.07, 6.45) is 0. The molecular formula is C18H20F2N2O4S. The number of nitrogens with one attached hydrogen (secondary N) is 1. The van der Waals surface area contributed by atoms with Crippen molar-refractivity contribution in [3.8, 4) is 5.75 Å². The van der Waals surface area contributed by atoms with Crippen molar-refractivity contribution in [3.63, 3.8) is 0 Å². The maximum absolute atomic E-state index is 13.5. The molecule has 0 unspecified atom stereocenters. The number of hydrogen-bond acceptors (Lipinski definition) is 4. The van der Waals surface area contributed by atoms with Gasteiger partial charge in [-0.2, -0.15) is 4.31 Å². The van der Waals surface area contributed by atoms with Crippen molar-refractivity contribution in [1.29, 1.82) is 0 Å². The van der Waals surface area contributed by atoms with Crippen LogP contribution in [0.15, 0.2) is 47.4 Å². The van der Waals surface area contributed by atoms with Gasteiger partial charge in [-0.15, -0.1) is 0 Å². The topological polar surface area (TPSA) is 75.7 Å². The molecule has 1 atom stereocenters. The zero-order valence-electron chi connectivity index (χ0n) is 15.1. The highest BCUT2D eigenvalue weighted by molar-refractivity contribution is 7.89. The summed E-state index contributed by atoms with van der Waals surface area (Å²) in [5, 5.41) is 2.64. The number of carbonyl (C=O) groups is 1. The normalized spacial score (nSPS) is 12.7. The third-order valence-electron chi connectivity index (χ3n) is 3.93. The first kappa shape index (κ1) is 20.8. The molecule has 9 heteroatoms. The van der Waals surface area contributed by atoms with Gasteiger partial charge in [0.05, 0.1) is 19.7 Å². The van der Waals surface area contributed by atoms with Gasteiger partial charge in [-0.25, -0.2) is 17.2 Å². The second-order valence-electron chi connectivity index (χ2n) is 5.90. The summed E-state index contributed by atoms with van der Waals surface area (Å²) in [7, 11) is -1.67. The first-order valence-electron chi connectivity index (χ1n) is 8.00. The lowest BCUT2D eigenvalue weighted by Gasteiger charge is -2.20. The van der Waals surface area contributed by atoms with Gasteiger partial charge in [-0.1, -0.05) is 12.1 Å². The Labute approximate surface area is 156 Å².